The van der Waals surface area contributed by atoms with Crippen LogP contribution in [0.1, 0.15) is 22.8 Å². The van der Waals surface area contributed by atoms with Gasteiger partial charge in [-0.2, -0.15) is 0 Å². The first-order chi connectivity index (χ1) is 11.5. The number of carbonyl (C=O) groups is 1. The number of benzene rings is 2. The van der Waals surface area contributed by atoms with E-state index in [1.54, 1.807) is 25.1 Å². The van der Waals surface area contributed by atoms with E-state index in [2.05, 4.69) is 5.32 Å². The van der Waals surface area contributed by atoms with Gasteiger partial charge in [-0.15, -0.1) is 0 Å². The van der Waals surface area contributed by atoms with Crippen LogP contribution in [0.25, 0.3) is 0 Å². The molecule has 0 saturated carbocycles. The van der Waals surface area contributed by atoms with Crippen LogP contribution in [-0.4, -0.2) is 24.5 Å². The maximum atomic E-state index is 12.4. The molecule has 126 valence electrons. The van der Waals surface area contributed by atoms with Crippen LogP contribution in [0.15, 0.2) is 36.4 Å². The van der Waals surface area contributed by atoms with Crippen molar-refractivity contribution in [2.75, 3.05) is 19.0 Å². The highest BCUT2D eigenvalue weighted by atomic mass is 16.6. The molecule has 1 amide bonds. The van der Waals surface area contributed by atoms with Gasteiger partial charge in [-0.25, -0.2) is 0 Å². The number of aryl methyl sites for hydroxylation is 1. The number of ether oxygens (including phenoxy) is 2. The van der Waals surface area contributed by atoms with E-state index in [0.717, 1.165) is 0 Å². The van der Waals surface area contributed by atoms with Gasteiger partial charge in [-0.3, -0.25) is 14.9 Å². The molecule has 0 bridgehead atoms. The van der Waals surface area contributed by atoms with Gasteiger partial charge >= 0.3 is 0 Å². The zero-order chi connectivity index (χ0) is 17.7. The lowest BCUT2D eigenvalue weighted by atomic mass is 10.1. The Labute approximate surface area is 139 Å². The van der Waals surface area contributed by atoms with Gasteiger partial charge in [0.15, 0.2) is 0 Å². The number of rotatable bonds is 6. The first kappa shape index (κ1) is 17.3. The number of anilines is 1. The summed E-state index contributed by atoms with van der Waals surface area (Å²) in [5, 5.41) is 13.6. The van der Waals surface area contributed by atoms with E-state index in [0.29, 0.717) is 34.9 Å². The summed E-state index contributed by atoms with van der Waals surface area (Å²) in [6.45, 7) is 3.88. The van der Waals surface area contributed by atoms with Gasteiger partial charge in [0.1, 0.15) is 11.5 Å². The van der Waals surface area contributed by atoms with Gasteiger partial charge in [-0.05, 0) is 38.1 Å². The number of nitro groups is 1. The summed E-state index contributed by atoms with van der Waals surface area (Å²) in [5.74, 6) is 0.709. The second-order valence-electron chi connectivity index (χ2n) is 5.01. The van der Waals surface area contributed by atoms with Gasteiger partial charge in [0.2, 0.25) is 0 Å². The summed E-state index contributed by atoms with van der Waals surface area (Å²) in [6.07, 6.45) is 0. The monoisotopic (exact) mass is 330 g/mol. The predicted molar refractivity (Wildman–Crippen MR) is 89.9 cm³/mol. The summed E-state index contributed by atoms with van der Waals surface area (Å²) >= 11 is 0. The van der Waals surface area contributed by atoms with Crippen molar-refractivity contribution in [2.45, 2.75) is 13.8 Å². The first-order valence-electron chi connectivity index (χ1n) is 7.33. The lowest BCUT2D eigenvalue weighted by molar-refractivity contribution is -0.385. The van der Waals surface area contributed by atoms with E-state index in [4.69, 9.17) is 9.47 Å². The summed E-state index contributed by atoms with van der Waals surface area (Å²) in [6, 6.07) is 9.31. The van der Waals surface area contributed by atoms with E-state index in [1.165, 1.54) is 25.3 Å². The average Bonchev–Trinajstić information content (AvgIpc) is 2.56. The van der Waals surface area contributed by atoms with Crippen LogP contribution in [0.4, 0.5) is 11.4 Å². The molecular weight excluding hydrogens is 312 g/mol. The van der Waals surface area contributed by atoms with Crippen molar-refractivity contribution in [3.8, 4) is 11.5 Å². The second kappa shape index (κ2) is 7.45. The third-order valence-electron chi connectivity index (χ3n) is 3.39. The first-order valence-corrected chi connectivity index (χ1v) is 7.33. The molecule has 0 aliphatic carbocycles. The Kier molecular flexibility index (Phi) is 5.36. The Morgan fingerprint density at radius 3 is 2.58 bits per heavy atom. The minimum absolute atomic E-state index is 0.0251. The van der Waals surface area contributed by atoms with Crippen molar-refractivity contribution in [2.24, 2.45) is 0 Å². The molecule has 0 fully saturated rings. The third kappa shape index (κ3) is 3.81. The maximum absolute atomic E-state index is 12.4. The highest BCUT2D eigenvalue weighted by molar-refractivity contribution is 6.05. The molecule has 2 aromatic carbocycles. The number of methoxy groups -OCH3 is 1. The number of nitro benzene ring substituents is 1. The molecule has 2 rings (SSSR count). The quantitative estimate of drug-likeness (QED) is 0.646. The Bertz CT molecular complexity index is 774. The van der Waals surface area contributed by atoms with E-state index in [-0.39, 0.29) is 11.6 Å². The van der Waals surface area contributed by atoms with Crippen molar-refractivity contribution in [3.05, 3.63) is 57.6 Å². The zero-order valence-electron chi connectivity index (χ0n) is 13.7. The number of amides is 1. The third-order valence-corrected chi connectivity index (χ3v) is 3.39. The van der Waals surface area contributed by atoms with Crippen LogP contribution in [0, 0.1) is 17.0 Å². The van der Waals surface area contributed by atoms with Gasteiger partial charge < -0.3 is 14.8 Å². The minimum Gasteiger partial charge on any atom is -0.497 e. The SMILES string of the molecule is CCOc1ccc(OC)cc1NC(=O)c1ccc([N+](=O)[O-])c(C)c1. The minimum atomic E-state index is -0.480. The number of nitrogens with zero attached hydrogens (tertiary/aromatic N) is 1. The highest BCUT2D eigenvalue weighted by Gasteiger charge is 2.15. The number of nitrogens with one attached hydrogen (secondary N) is 1. The van der Waals surface area contributed by atoms with E-state index < -0.39 is 4.92 Å². The maximum Gasteiger partial charge on any atom is 0.272 e. The Hall–Kier alpha value is -3.09. The Morgan fingerprint density at radius 1 is 1.25 bits per heavy atom. The molecule has 7 heteroatoms. The van der Waals surface area contributed by atoms with Crippen LogP contribution < -0.4 is 14.8 Å². The van der Waals surface area contributed by atoms with Crippen LogP contribution in [0.2, 0.25) is 0 Å². The fourth-order valence-corrected chi connectivity index (χ4v) is 2.21. The molecule has 2 aromatic rings. The topological polar surface area (TPSA) is 90.7 Å². The molecule has 0 saturated heterocycles. The van der Waals surface area contributed by atoms with E-state index >= 15 is 0 Å². The second-order valence-corrected chi connectivity index (χ2v) is 5.01. The lowest BCUT2D eigenvalue weighted by Gasteiger charge is -2.13. The van der Waals surface area contributed by atoms with Crippen LogP contribution in [0.5, 0.6) is 11.5 Å². The molecule has 0 aliphatic rings. The normalized spacial score (nSPS) is 10.1. The smallest absolute Gasteiger partial charge is 0.272 e. The fraction of sp³-hybridized carbons (Fsp3) is 0.235. The molecule has 0 spiro atoms. The van der Waals surface area contributed by atoms with Crippen molar-refractivity contribution in [1.82, 2.24) is 0 Å². The van der Waals surface area contributed by atoms with Crippen LogP contribution in [-0.2, 0) is 0 Å². The zero-order valence-corrected chi connectivity index (χ0v) is 13.7. The molecule has 0 radical (unpaired) electrons. The van der Waals surface area contributed by atoms with E-state index in [9.17, 15) is 14.9 Å². The van der Waals surface area contributed by atoms with Crippen molar-refractivity contribution >= 4 is 17.3 Å². The molecule has 0 aliphatic heterocycles. The largest absolute Gasteiger partial charge is 0.497 e. The summed E-state index contributed by atoms with van der Waals surface area (Å²) in [7, 11) is 1.53. The molecular formula is C17H18N2O5. The van der Waals surface area contributed by atoms with Crippen molar-refractivity contribution in [3.63, 3.8) is 0 Å². The molecule has 7 nitrogen and oxygen atoms in total. The lowest BCUT2D eigenvalue weighted by Crippen LogP contribution is -2.13. The highest BCUT2D eigenvalue weighted by Crippen LogP contribution is 2.30. The number of hydrogen-bond donors (Lipinski definition) is 1. The predicted octanol–water partition coefficient (Wildman–Crippen LogP) is 3.56. The molecule has 0 heterocycles. The standard InChI is InChI=1S/C17H18N2O5/c1-4-24-16-8-6-13(23-3)10-14(16)18-17(20)12-5-7-15(19(21)22)11(2)9-12/h5-10H,4H2,1-3H3,(H,18,20). The fourth-order valence-electron chi connectivity index (χ4n) is 2.21. The van der Waals surface area contributed by atoms with Crippen molar-refractivity contribution < 1.29 is 19.2 Å². The molecule has 24 heavy (non-hydrogen) atoms. The van der Waals surface area contributed by atoms with Crippen LogP contribution >= 0.6 is 0 Å². The van der Waals surface area contributed by atoms with E-state index in [1.807, 2.05) is 6.92 Å². The Balaban J connectivity index is 2.29. The summed E-state index contributed by atoms with van der Waals surface area (Å²) in [5.41, 5.74) is 1.19. The Morgan fingerprint density at radius 2 is 2.00 bits per heavy atom. The van der Waals surface area contributed by atoms with Gasteiger partial charge in [-0.1, -0.05) is 0 Å². The average molecular weight is 330 g/mol. The van der Waals surface area contributed by atoms with Crippen LogP contribution in [0.3, 0.4) is 0 Å². The summed E-state index contributed by atoms with van der Waals surface area (Å²) in [4.78, 5) is 22.8. The van der Waals surface area contributed by atoms with Gasteiger partial charge in [0.25, 0.3) is 11.6 Å². The molecule has 1 N–H and O–H groups in total. The van der Waals surface area contributed by atoms with Gasteiger partial charge in [0.05, 0.1) is 24.3 Å². The number of carbonyl (C=O) groups excluding carboxylic acids is 1. The van der Waals surface area contributed by atoms with Gasteiger partial charge in [0, 0.05) is 23.3 Å². The van der Waals surface area contributed by atoms with Crippen molar-refractivity contribution in [1.29, 1.82) is 0 Å². The number of hydrogen-bond acceptors (Lipinski definition) is 5. The molecule has 0 unspecified atom stereocenters. The molecule has 0 aromatic heterocycles. The summed E-state index contributed by atoms with van der Waals surface area (Å²) < 4.78 is 10.6. The molecule has 0 atom stereocenters.